The number of carbonyl (C=O) groups excluding carboxylic acids is 1. The first-order valence-electron chi connectivity index (χ1n) is 4.88. The van der Waals surface area contributed by atoms with Gasteiger partial charge in [-0.25, -0.2) is 9.78 Å². The van der Waals surface area contributed by atoms with Crippen LogP contribution >= 0.6 is 22.9 Å². The van der Waals surface area contributed by atoms with Gasteiger partial charge in [0, 0.05) is 13.0 Å². The van der Waals surface area contributed by atoms with Crippen molar-refractivity contribution in [3.05, 3.63) is 10.0 Å². The normalized spacial score (nSPS) is 11.4. The SMILES string of the molecule is COC(=O)c1sc(NCCCC(F)(F)F)nc1Cl. The number of thiazole rings is 1. The van der Waals surface area contributed by atoms with Gasteiger partial charge in [-0.1, -0.05) is 22.9 Å². The molecule has 1 aromatic heterocycles. The molecule has 0 radical (unpaired) electrons. The Bertz CT molecular complexity index is 422. The van der Waals surface area contributed by atoms with Crippen LogP contribution < -0.4 is 5.32 Å². The van der Waals surface area contributed by atoms with Crippen molar-refractivity contribution in [3.8, 4) is 0 Å². The van der Waals surface area contributed by atoms with Crippen LogP contribution in [0.25, 0.3) is 0 Å². The second-order valence-corrected chi connectivity index (χ2v) is 4.63. The third kappa shape index (κ3) is 4.69. The molecule has 1 aromatic rings. The number of rotatable bonds is 5. The summed E-state index contributed by atoms with van der Waals surface area (Å²) in [4.78, 5) is 15.1. The van der Waals surface area contributed by atoms with E-state index in [-0.39, 0.29) is 23.0 Å². The van der Waals surface area contributed by atoms with E-state index in [2.05, 4.69) is 15.0 Å². The first kappa shape index (κ1) is 15.0. The Morgan fingerprint density at radius 2 is 2.22 bits per heavy atom. The number of methoxy groups -OCH3 is 1. The molecule has 102 valence electrons. The molecule has 0 atom stereocenters. The van der Waals surface area contributed by atoms with Gasteiger partial charge < -0.3 is 10.1 Å². The van der Waals surface area contributed by atoms with Crippen molar-refractivity contribution in [2.75, 3.05) is 19.0 Å². The fourth-order valence-corrected chi connectivity index (χ4v) is 2.21. The Labute approximate surface area is 110 Å². The molecule has 4 nitrogen and oxygen atoms in total. The molecule has 0 fully saturated rings. The van der Waals surface area contributed by atoms with Gasteiger partial charge in [0.2, 0.25) is 0 Å². The van der Waals surface area contributed by atoms with Crippen molar-refractivity contribution in [2.45, 2.75) is 19.0 Å². The highest BCUT2D eigenvalue weighted by molar-refractivity contribution is 7.18. The van der Waals surface area contributed by atoms with Crippen molar-refractivity contribution < 1.29 is 22.7 Å². The van der Waals surface area contributed by atoms with Gasteiger partial charge in [0.15, 0.2) is 15.2 Å². The summed E-state index contributed by atoms with van der Waals surface area (Å²) < 4.78 is 40.1. The molecular formula is C9H10ClF3N2O2S. The van der Waals surface area contributed by atoms with Gasteiger partial charge in [0.05, 0.1) is 7.11 Å². The molecule has 0 aliphatic heterocycles. The summed E-state index contributed by atoms with van der Waals surface area (Å²) >= 11 is 6.62. The van der Waals surface area contributed by atoms with Crippen LogP contribution in [0.5, 0.6) is 0 Å². The number of hydrogen-bond donors (Lipinski definition) is 1. The minimum Gasteiger partial charge on any atom is -0.465 e. The van der Waals surface area contributed by atoms with Gasteiger partial charge in [0.25, 0.3) is 0 Å². The van der Waals surface area contributed by atoms with Crippen LogP contribution in [0, 0.1) is 0 Å². The van der Waals surface area contributed by atoms with E-state index in [1.165, 1.54) is 7.11 Å². The van der Waals surface area contributed by atoms with Gasteiger partial charge >= 0.3 is 12.1 Å². The van der Waals surface area contributed by atoms with E-state index in [0.717, 1.165) is 11.3 Å². The average molecular weight is 303 g/mol. The number of carbonyl (C=O) groups is 1. The van der Waals surface area contributed by atoms with E-state index in [1.54, 1.807) is 0 Å². The fraction of sp³-hybridized carbons (Fsp3) is 0.556. The molecule has 18 heavy (non-hydrogen) atoms. The number of esters is 1. The molecule has 0 saturated heterocycles. The third-order valence-corrected chi connectivity index (χ3v) is 3.25. The monoisotopic (exact) mass is 302 g/mol. The van der Waals surface area contributed by atoms with Gasteiger partial charge in [-0.05, 0) is 6.42 Å². The van der Waals surface area contributed by atoms with E-state index >= 15 is 0 Å². The third-order valence-electron chi connectivity index (χ3n) is 1.87. The molecule has 0 aliphatic carbocycles. The van der Waals surface area contributed by atoms with Crippen molar-refractivity contribution >= 4 is 34.0 Å². The average Bonchev–Trinajstić information content (AvgIpc) is 2.64. The Morgan fingerprint density at radius 3 is 2.78 bits per heavy atom. The molecule has 0 unspecified atom stereocenters. The summed E-state index contributed by atoms with van der Waals surface area (Å²) in [6.07, 6.45) is -5.11. The molecule has 0 amide bonds. The second-order valence-electron chi connectivity index (χ2n) is 3.28. The Hall–Kier alpha value is -1.02. The van der Waals surface area contributed by atoms with Crippen molar-refractivity contribution in [2.24, 2.45) is 0 Å². The predicted octanol–water partition coefficient (Wildman–Crippen LogP) is 3.34. The number of nitrogens with one attached hydrogen (secondary N) is 1. The van der Waals surface area contributed by atoms with Crippen LogP contribution in [0.2, 0.25) is 5.15 Å². The standard InChI is InChI=1S/C9H10ClF3N2O2S/c1-17-7(16)5-6(10)15-8(18-5)14-4-2-3-9(11,12)13/h2-4H2,1H3,(H,14,15). The van der Waals surface area contributed by atoms with E-state index in [9.17, 15) is 18.0 Å². The lowest BCUT2D eigenvalue weighted by atomic mass is 10.3. The maximum Gasteiger partial charge on any atom is 0.389 e. The van der Waals surface area contributed by atoms with Crippen molar-refractivity contribution in [1.82, 2.24) is 4.98 Å². The van der Waals surface area contributed by atoms with E-state index in [4.69, 9.17) is 11.6 Å². The van der Waals surface area contributed by atoms with Crippen LogP contribution in [0.15, 0.2) is 0 Å². The molecule has 0 saturated carbocycles. The number of aromatic nitrogens is 1. The second kappa shape index (κ2) is 6.24. The molecular weight excluding hydrogens is 293 g/mol. The number of halogens is 4. The topological polar surface area (TPSA) is 51.2 Å². The van der Waals surface area contributed by atoms with Crippen LogP contribution in [0.4, 0.5) is 18.3 Å². The Kier molecular flexibility index (Phi) is 5.21. The first-order chi connectivity index (χ1) is 8.33. The minimum atomic E-state index is -4.17. The first-order valence-corrected chi connectivity index (χ1v) is 6.08. The van der Waals surface area contributed by atoms with Gasteiger partial charge in [-0.2, -0.15) is 13.2 Å². The number of anilines is 1. The highest BCUT2D eigenvalue weighted by Crippen LogP contribution is 2.28. The highest BCUT2D eigenvalue weighted by atomic mass is 35.5. The van der Waals surface area contributed by atoms with Gasteiger partial charge in [-0.15, -0.1) is 0 Å². The molecule has 0 bridgehead atoms. The van der Waals surface area contributed by atoms with Crippen molar-refractivity contribution in [3.63, 3.8) is 0 Å². The lowest BCUT2D eigenvalue weighted by molar-refractivity contribution is -0.134. The highest BCUT2D eigenvalue weighted by Gasteiger charge is 2.26. The number of ether oxygens (including phenoxy) is 1. The van der Waals surface area contributed by atoms with E-state index in [0.29, 0.717) is 5.13 Å². The summed E-state index contributed by atoms with van der Waals surface area (Å²) in [5.41, 5.74) is 0. The minimum absolute atomic E-state index is 0.0230. The molecule has 0 spiro atoms. The van der Waals surface area contributed by atoms with E-state index < -0.39 is 18.6 Å². The van der Waals surface area contributed by atoms with Gasteiger partial charge in [0.1, 0.15) is 0 Å². The number of hydrogen-bond acceptors (Lipinski definition) is 5. The zero-order valence-electron chi connectivity index (χ0n) is 9.31. The van der Waals surface area contributed by atoms with Crippen LogP contribution in [0.3, 0.4) is 0 Å². The zero-order chi connectivity index (χ0) is 13.8. The zero-order valence-corrected chi connectivity index (χ0v) is 10.9. The lowest BCUT2D eigenvalue weighted by Crippen LogP contribution is -2.10. The van der Waals surface area contributed by atoms with Crippen LogP contribution in [0.1, 0.15) is 22.5 Å². The number of nitrogens with zero attached hydrogens (tertiary/aromatic N) is 1. The summed E-state index contributed by atoms with van der Waals surface area (Å²) in [5, 5.41) is 2.94. The molecule has 1 heterocycles. The lowest BCUT2D eigenvalue weighted by Gasteiger charge is -2.05. The predicted molar refractivity (Wildman–Crippen MR) is 62.2 cm³/mol. The van der Waals surface area contributed by atoms with E-state index in [1.807, 2.05) is 0 Å². The maximum atomic E-state index is 11.9. The molecule has 0 aromatic carbocycles. The Morgan fingerprint density at radius 1 is 1.56 bits per heavy atom. The molecule has 1 N–H and O–H groups in total. The summed E-state index contributed by atoms with van der Waals surface area (Å²) in [7, 11) is 1.20. The molecule has 1 rings (SSSR count). The Balaban J connectivity index is 2.47. The number of alkyl halides is 3. The summed E-state index contributed by atoms with van der Waals surface area (Å²) in [6.45, 7) is 0.101. The maximum absolute atomic E-state index is 11.9. The van der Waals surface area contributed by atoms with Crippen molar-refractivity contribution in [1.29, 1.82) is 0 Å². The largest absolute Gasteiger partial charge is 0.465 e. The van der Waals surface area contributed by atoms with Crippen LogP contribution in [-0.4, -0.2) is 30.8 Å². The quantitative estimate of drug-likeness (QED) is 0.669. The fourth-order valence-electron chi connectivity index (χ4n) is 1.08. The summed E-state index contributed by atoms with van der Waals surface area (Å²) in [5.74, 6) is -0.624. The summed E-state index contributed by atoms with van der Waals surface area (Å²) in [6, 6.07) is 0. The van der Waals surface area contributed by atoms with Gasteiger partial charge in [-0.3, -0.25) is 0 Å². The molecule has 0 aliphatic rings. The van der Waals surface area contributed by atoms with Crippen LogP contribution in [-0.2, 0) is 4.74 Å². The molecule has 9 heteroatoms. The smallest absolute Gasteiger partial charge is 0.389 e.